The van der Waals surface area contributed by atoms with E-state index in [-0.39, 0.29) is 65.3 Å². The monoisotopic (exact) mass is 704 g/mol. The fourth-order valence-electron chi connectivity index (χ4n) is 5.40. The molecule has 1 unspecified atom stereocenters. The van der Waals surface area contributed by atoms with Gasteiger partial charge in [-0.15, -0.1) is 0 Å². The number of unbranched alkanes of at least 4 members (excludes halogenated alkanes) is 2. The van der Waals surface area contributed by atoms with Gasteiger partial charge in [0.2, 0.25) is 11.8 Å². The van der Waals surface area contributed by atoms with Crippen molar-refractivity contribution in [3.63, 3.8) is 0 Å². The second-order valence-corrected chi connectivity index (χ2v) is 12.0. The molecule has 0 saturated carbocycles. The first-order chi connectivity index (χ1) is 23.8. The lowest BCUT2D eigenvalue weighted by Crippen LogP contribution is -2.41. The van der Waals surface area contributed by atoms with Crippen molar-refractivity contribution in [2.45, 2.75) is 57.4 Å². The number of thiocarbonyl (C=S) groups is 1. The van der Waals surface area contributed by atoms with Crippen molar-refractivity contribution in [2.24, 2.45) is 5.73 Å². The van der Waals surface area contributed by atoms with Crippen LogP contribution < -0.4 is 27.1 Å². The van der Waals surface area contributed by atoms with Gasteiger partial charge in [-0.25, -0.2) is 4.79 Å². The molecule has 0 saturated heterocycles. The van der Waals surface area contributed by atoms with Gasteiger partial charge in [-0.05, 0) is 73.4 Å². The zero-order valence-electron chi connectivity index (χ0n) is 26.8. The fourth-order valence-corrected chi connectivity index (χ4v) is 5.62. The zero-order chi connectivity index (χ0) is 36.4. The number of hydrogen-bond donors (Lipinski definition) is 7. The number of aliphatic carboxylic acids is 1. The molecule has 0 fully saturated rings. The number of carboxylic acids is 2. The summed E-state index contributed by atoms with van der Waals surface area (Å²) in [5.41, 5.74) is 6.92. The van der Waals surface area contributed by atoms with Gasteiger partial charge in [-0.2, -0.15) is 0 Å². The maximum Gasteiger partial charge on any atom is 0.336 e. The Bertz CT molecular complexity index is 1970. The van der Waals surface area contributed by atoms with Crippen LogP contribution in [0.15, 0.2) is 63.8 Å². The van der Waals surface area contributed by atoms with E-state index in [2.05, 4.69) is 16.0 Å². The molecule has 2 amide bonds. The van der Waals surface area contributed by atoms with Gasteiger partial charge < -0.3 is 41.4 Å². The van der Waals surface area contributed by atoms with Crippen molar-refractivity contribution in [3.05, 3.63) is 70.4 Å². The summed E-state index contributed by atoms with van der Waals surface area (Å²) in [6.07, 6.45) is 1.10. The van der Waals surface area contributed by atoms with Crippen LogP contribution in [0, 0.1) is 0 Å². The van der Waals surface area contributed by atoms with E-state index in [1.165, 1.54) is 30.3 Å². The number of nitrogens with one attached hydrogen (secondary N) is 3. The molecule has 0 aromatic heterocycles. The first kappa shape index (κ1) is 37.0. The van der Waals surface area contributed by atoms with Crippen molar-refractivity contribution in [3.8, 4) is 28.2 Å². The highest BCUT2D eigenvalue weighted by molar-refractivity contribution is 7.80. The molecule has 50 heavy (non-hydrogen) atoms. The highest BCUT2D eigenvalue weighted by Crippen LogP contribution is 2.42. The number of rotatable bonds is 17. The number of Topliss-reactive ketones (excluding diaryl/α,β-unsaturated/α-hetero) is 1. The molecule has 15 heteroatoms. The van der Waals surface area contributed by atoms with Crippen LogP contribution in [0.25, 0.3) is 33.4 Å². The van der Waals surface area contributed by atoms with Gasteiger partial charge >= 0.3 is 11.9 Å². The number of hydrogen-bond acceptors (Lipinski definition) is 9. The molecule has 0 radical (unpaired) electrons. The molecule has 8 N–H and O–H groups in total. The van der Waals surface area contributed by atoms with E-state index >= 15 is 0 Å². The second-order valence-electron chi connectivity index (χ2n) is 11.6. The number of ketones is 1. The topological polar surface area (TPSA) is 238 Å². The van der Waals surface area contributed by atoms with E-state index in [1.54, 1.807) is 24.3 Å². The second kappa shape index (κ2) is 17.0. The van der Waals surface area contributed by atoms with Gasteiger partial charge in [-0.1, -0.05) is 12.5 Å². The molecule has 1 aliphatic carbocycles. The van der Waals surface area contributed by atoms with Crippen LogP contribution in [-0.2, 0) is 19.2 Å². The minimum absolute atomic E-state index is 0.00440. The lowest BCUT2D eigenvalue weighted by molar-refractivity contribution is -0.139. The van der Waals surface area contributed by atoms with Gasteiger partial charge in [-0.3, -0.25) is 24.0 Å². The van der Waals surface area contributed by atoms with Crippen LogP contribution in [-0.4, -0.2) is 62.6 Å². The number of aromatic carboxylic acids is 1. The summed E-state index contributed by atoms with van der Waals surface area (Å²) in [4.78, 5) is 71.2. The molecule has 14 nitrogen and oxygen atoms in total. The van der Waals surface area contributed by atoms with Gasteiger partial charge in [0.05, 0.1) is 18.0 Å². The van der Waals surface area contributed by atoms with Gasteiger partial charge in [0.15, 0.2) is 16.3 Å². The molecular weight excluding hydrogens is 668 g/mol. The van der Waals surface area contributed by atoms with Gasteiger partial charge in [0.1, 0.15) is 17.1 Å². The Labute approximate surface area is 291 Å². The standard InChI is InChI=1S/C35H36N4O10S/c36-30(43)13-11-26(27(42)12-14-32(45)46)39-31(44)4-2-1-3-15-37-35(50)38-19-5-8-22(25(16-19)34(47)48)33-23-9-6-20(40)17-28(23)49-29-18-21(41)7-10-24(29)33/h5-10,16-18,26,40H,1-4,11-15H2,(H2,36,43)(H,39,44)(H,45,46)(H,47,48)(H2,37,38,50). The van der Waals surface area contributed by atoms with E-state index in [0.29, 0.717) is 53.6 Å². The lowest BCUT2D eigenvalue weighted by atomic mass is 9.90. The van der Waals surface area contributed by atoms with Gasteiger partial charge in [0.25, 0.3) is 0 Å². The summed E-state index contributed by atoms with van der Waals surface area (Å²) in [6.45, 7) is 0.451. The average molecular weight is 705 g/mol. The highest BCUT2D eigenvalue weighted by Gasteiger charge is 2.23. The zero-order valence-corrected chi connectivity index (χ0v) is 27.6. The third-order valence-corrected chi connectivity index (χ3v) is 8.06. The summed E-state index contributed by atoms with van der Waals surface area (Å²) < 4.78 is 5.87. The number of carboxylic acid groups (broad SMARTS) is 2. The number of nitrogens with two attached hydrogens (primary N) is 1. The Hall–Kier alpha value is -5.83. The van der Waals surface area contributed by atoms with Crippen LogP contribution in [0.1, 0.15) is 61.7 Å². The lowest BCUT2D eigenvalue weighted by Gasteiger charge is -2.18. The molecule has 0 spiro atoms. The molecule has 1 aliphatic heterocycles. The van der Waals surface area contributed by atoms with Crippen LogP contribution in [0.2, 0.25) is 0 Å². The van der Waals surface area contributed by atoms with E-state index in [4.69, 9.17) is 27.5 Å². The first-order valence-electron chi connectivity index (χ1n) is 15.8. The van der Waals surface area contributed by atoms with Crippen molar-refractivity contribution >= 4 is 63.5 Å². The van der Waals surface area contributed by atoms with Crippen LogP contribution in [0.5, 0.6) is 5.75 Å². The number of amides is 2. The van der Waals surface area contributed by atoms with Crippen LogP contribution in [0.4, 0.5) is 5.69 Å². The Morgan fingerprint density at radius 2 is 1.62 bits per heavy atom. The largest absolute Gasteiger partial charge is 0.508 e. The Morgan fingerprint density at radius 1 is 0.860 bits per heavy atom. The Balaban J connectivity index is 1.33. The minimum Gasteiger partial charge on any atom is -0.508 e. The minimum atomic E-state index is -1.20. The molecule has 0 bridgehead atoms. The predicted molar refractivity (Wildman–Crippen MR) is 188 cm³/mol. The third-order valence-electron chi connectivity index (χ3n) is 7.81. The van der Waals surface area contributed by atoms with E-state index in [0.717, 1.165) is 0 Å². The summed E-state index contributed by atoms with van der Waals surface area (Å²) in [7, 11) is 0. The Morgan fingerprint density at radius 3 is 2.34 bits per heavy atom. The van der Waals surface area contributed by atoms with Crippen LogP contribution >= 0.6 is 12.2 Å². The molecule has 2 aliphatic rings. The van der Waals surface area contributed by atoms with Crippen LogP contribution in [0.3, 0.4) is 0 Å². The third kappa shape index (κ3) is 10.1. The molecular formula is C35H36N4O10S. The number of primary amides is 1. The number of carbonyl (C=O) groups is 5. The van der Waals surface area contributed by atoms with Crippen molar-refractivity contribution < 1.29 is 43.7 Å². The average Bonchev–Trinajstić information content (AvgIpc) is 3.05. The molecule has 262 valence electrons. The molecule has 2 aromatic carbocycles. The number of phenolic OH excluding ortho intramolecular Hbond substituents is 1. The number of fused-ring (bicyclic) bond motifs is 2. The molecule has 1 atom stereocenters. The van der Waals surface area contributed by atoms with Crippen molar-refractivity contribution in [2.75, 3.05) is 11.9 Å². The number of carbonyl (C=O) groups excluding carboxylic acids is 3. The number of benzene rings is 3. The van der Waals surface area contributed by atoms with Crippen molar-refractivity contribution in [1.29, 1.82) is 0 Å². The maximum absolute atomic E-state index is 12.5. The first-order valence-corrected chi connectivity index (χ1v) is 16.2. The summed E-state index contributed by atoms with van der Waals surface area (Å²) in [5.74, 6) is -3.67. The number of anilines is 1. The highest BCUT2D eigenvalue weighted by atomic mass is 32.1. The van der Waals surface area contributed by atoms with E-state index in [1.807, 2.05) is 0 Å². The molecule has 2 aromatic rings. The SMILES string of the molecule is NC(=O)CCC(NC(=O)CCCCCNC(=S)Nc1ccc(-c2c3ccc(=O)cc-3oc3cc(O)ccc23)c(C(=O)O)c1)C(=O)CCC(=O)O. The number of aromatic hydroxyl groups is 1. The predicted octanol–water partition coefficient (Wildman–Crippen LogP) is 4.00. The smallest absolute Gasteiger partial charge is 0.336 e. The van der Waals surface area contributed by atoms with E-state index in [9.17, 15) is 39.0 Å². The fraction of sp³-hybridized carbons (Fsp3) is 0.286. The van der Waals surface area contributed by atoms with Crippen molar-refractivity contribution in [1.82, 2.24) is 10.6 Å². The van der Waals surface area contributed by atoms with Gasteiger partial charge in [0, 0.05) is 60.1 Å². The maximum atomic E-state index is 12.5. The summed E-state index contributed by atoms with van der Waals surface area (Å²) >= 11 is 5.39. The molecule has 1 heterocycles. The van der Waals surface area contributed by atoms with E-state index < -0.39 is 35.6 Å². The number of phenols is 1. The summed E-state index contributed by atoms with van der Waals surface area (Å²) in [6, 6.07) is 12.5. The molecule has 4 rings (SSSR count). The normalized spacial score (nSPS) is 11.5. The summed E-state index contributed by atoms with van der Waals surface area (Å²) in [5, 5.41) is 38.4. The quantitative estimate of drug-likeness (QED) is 0.0468. The Kier molecular flexibility index (Phi) is 12.6.